The molecule has 0 bridgehead atoms. The SMILES string of the molecule is CC1CCC(NC(=O)N(C)Cc2cscn2)(C(=O)O)CC1. The van der Waals surface area contributed by atoms with Crippen LogP contribution in [-0.4, -0.2) is 39.6 Å². The van der Waals surface area contributed by atoms with E-state index in [1.807, 2.05) is 5.38 Å². The minimum Gasteiger partial charge on any atom is -0.480 e. The third-order valence-corrected chi connectivity index (χ3v) is 4.75. The Labute approximate surface area is 128 Å². The van der Waals surface area contributed by atoms with E-state index in [2.05, 4.69) is 17.2 Å². The van der Waals surface area contributed by atoms with Crippen molar-refractivity contribution in [3.63, 3.8) is 0 Å². The molecule has 1 aromatic heterocycles. The molecule has 0 atom stereocenters. The number of nitrogens with one attached hydrogen (secondary N) is 1. The summed E-state index contributed by atoms with van der Waals surface area (Å²) < 4.78 is 0. The van der Waals surface area contributed by atoms with Crippen molar-refractivity contribution in [3.05, 3.63) is 16.6 Å². The molecule has 0 spiro atoms. The van der Waals surface area contributed by atoms with Crippen molar-refractivity contribution < 1.29 is 14.7 Å². The molecule has 1 aliphatic carbocycles. The number of carboxylic acid groups (broad SMARTS) is 1. The fourth-order valence-electron chi connectivity index (χ4n) is 2.58. The highest BCUT2D eigenvalue weighted by Gasteiger charge is 2.43. The van der Waals surface area contributed by atoms with Gasteiger partial charge in [0, 0.05) is 12.4 Å². The van der Waals surface area contributed by atoms with E-state index in [1.54, 1.807) is 12.6 Å². The number of carbonyl (C=O) groups is 2. The molecule has 2 N–H and O–H groups in total. The Balaban J connectivity index is 1.99. The van der Waals surface area contributed by atoms with Gasteiger partial charge in [-0.3, -0.25) is 0 Å². The molecule has 116 valence electrons. The van der Waals surface area contributed by atoms with Crippen molar-refractivity contribution in [2.24, 2.45) is 5.92 Å². The van der Waals surface area contributed by atoms with E-state index in [9.17, 15) is 14.7 Å². The van der Waals surface area contributed by atoms with Gasteiger partial charge in [-0.1, -0.05) is 6.92 Å². The number of carbonyl (C=O) groups excluding carboxylic acids is 1. The van der Waals surface area contributed by atoms with E-state index in [0.29, 0.717) is 25.3 Å². The summed E-state index contributed by atoms with van der Waals surface area (Å²) >= 11 is 1.47. The Morgan fingerprint density at radius 1 is 1.52 bits per heavy atom. The van der Waals surface area contributed by atoms with Crippen molar-refractivity contribution >= 4 is 23.3 Å². The molecule has 0 aliphatic heterocycles. The number of urea groups is 1. The van der Waals surface area contributed by atoms with Gasteiger partial charge in [-0.05, 0) is 31.6 Å². The molecule has 0 aromatic carbocycles. The van der Waals surface area contributed by atoms with Crippen LogP contribution in [-0.2, 0) is 11.3 Å². The van der Waals surface area contributed by atoms with Crippen molar-refractivity contribution in [1.29, 1.82) is 0 Å². The summed E-state index contributed by atoms with van der Waals surface area (Å²) in [4.78, 5) is 29.5. The Morgan fingerprint density at radius 3 is 2.71 bits per heavy atom. The molecule has 0 radical (unpaired) electrons. The molecule has 1 heterocycles. The number of aliphatic carboxylic acids is 1. The Bertz CT molecular complexity index is 496. The molecule has 1 saturated carbocycles. The number of aromatic nitrogens is 1. The van der Waals surface area contributed by atoms with Gasteiger partial charge in [-0.2, -0.15) is 0 Å². The molecule has 2 rings (SSSR count). The van der Waals surface area contributed by atoms with E-state index < -0.39 is 11.5 Å². The van der Waals surface area contributed by atoms with Gasteiger partial charge in [0.2, 0.25) is 0 Å². The van der Waals surface area contributed by atoms with E-state index in [4.69, 9.17) is 0 Å². The predicted octanol–water partition coefficient (Wildman–Crippen LogP) is 2.32. The normalized spacial score (nSPS) is 25.3. The molecule has 0 unspecified atom stereocenters. The zero-order valence-corrected chi connectivity index (χ0v) is 13.2. The smallest absolute Gasteiger partial charge is 0.329 e. The fraction of sp³-hybridized carbons (Fsp3) is 0.643. The molecule has 1 aromatic rings. The van der Waals surface area contributed by atoms with E-state index in [1.165, 1.54) is 16.2 Å². The van der Waals surface area contributed by atoms with Gasteiger partial charge in [0.25, 0.3) is 0 Å². The Kier molecular flexibility index (Phi) is 4.82. The van der Waals surface area contributed by atoms with Crippen molar-refractivity contribution in [2.45, 2.75) is 44.7 Å². The summed E-state index contributed by atoms with van der Waals surface area (Å²) in [6.45, 7) is 2.49. The highest BCUT2D eigenvalue weighted by atomic mass is 32.1. The van der Waals surface area contributed by atoms with Gasteiger partial charge in [0.15, 0.2) is 0 Å². The van der Waals surface area contributed by atoms with Crippen LogP contribution in [0.5, 0.6) is 0 Å². The zero-order chi connectivity index (χ0) is 15.5. The van der Waals surface area contributed by atoms with Crippen LogP contribution in [0.4, 0.5) is 4.79 Å². The lowest BCUT2D eigenvalue weighted by atomic mass is 9.77. The number of rotatable bonds is 4. The third-order valence-electron chi connectivity index (χ3n) is 4.11. The summed E-state index contributed by atoms with van der Waals surface area (Å²) in [5.41, 5.74) is 1.39. The average molecular weight is 311 g/mol. The van der Waals surface area contributed by atoms with Gasteiger partial charge in [-0.25, -0.2) is 14.6 Å². The highest BCUT2D eigenvalue weighted by molar-refractivity contribution is 7.07. The van der Waals surface area contributed by atoms with Crippen LogP contribution in [0.2, 0.25) is 0 Å². The molecule has 6 nitrogen and oxygen atoms in total. The van der Waals surface area contributed by atoms with E-state index in [0.717, 1.165) is 18.5 Å². The molecule has 1 fully saturated rings. The monoisotopic (exact) mass is 311 g/mol. The van der Waals surface area contributed by atoms with Gasteiger partial charge in [0.05, 0.1) is 17.7 Å². The van der Waals surface area contributed by atoms with Crippen LogP contribution in [0.1, 0.15) is 38.3 Å². The van der Waals surface area contributed by atoms with Gasteiger partial charge in [0.1, 0.15) is 5.54 Å². The Hall–Kier alpha value is -1.63. The second-order valence-corrected chi connectivity index (χ2v) is 6.55. The highest BCUT2D eigenvalue weighted by Crippen LogP contribution is 2.32. The molecule has 1 aliphatic rings. The molecule has 7 heteroatoms. The lowest BCUT2D eigenvalue weighted by Gasteiger charge is -2.37. The van der Waals surface area contributed by atoms with E-state index in [-0.39, 0.29) is 6.03 Å². The standard InChI is InChI=1S/C14H21N3O3S/c1-10-3-5-14(6-4-10,12(18)19)16-13(20)17(2)7-11-8-21-9-15-11/h8-10H,3-7H2,1-2H3,(H,16,20)(H,18,19). The first kappa shape index (κ1) is 15.8. The summed E-state index contributed by atoms with van der Waals surface area (Å²) in [6.07, 6.45) is 2.62. The topological polar surface area (TPSA) is 82.5 Å². The van der Waals surface area contributed by atoms with Gasteiger partial charge >= 0.3 is 12.0 Å². The van der Waals surface area contributed by atoms with Crippen LogP contribution in [0.3, 0.4) is 0 Å². The van der Waals surface area contributed by atoms with Crippen LogP contribution in [0, 0.1) is 5.92 Å². The first-order valence-corrected chi connectivity index (χ1v) is 8.01. The second kappa shape index (κ2) is 6.43. The summed E-state index contributed by atoms with van der Waals surface area (Å²) in [5.74, 6) is -0.424. The largest absolute Gasteiger partial charge is 0.480 e. The van der Waals surface area contributed by atoms with Crippen molar-refractivity contribution in [1.82, 2.24) is 15.2 Å². The Morgan fingerprint density at radius 2 is 2.19 bits per heavy atom. The number of hydrogen-bond donors (Lipinski definition) is 2. The summed E-state index contributed by atoms with van der Waals surface area (Å²) in [7, 11) is 1.65. The minimum absolute atomic E-state index is 0.361. The lowest BCUT2D eigenvalue weighted by molar-refractivity contribution is -0.146. The van der Waals surface area contributed by atoms with Crippen molar-refractivity contribution in [3.8, 4) is 0 Å². The lowest BCUT2D eigenvalue weighted by Crippen LogP contribution is -2.58. The van der Waals surface area contributed by atoms with Gasteiger partial charge < -0.3 is 15.3 Å². The zero-order valence-electron chi connectivity index (χ0n) is 12.3. The number of thiazole rings is 1. The first-order valence-electron chi connectivity index (χ1n) is 7.07. The van der Waals surface area contributed by atoms with Crippen LogP contribution in [0.25, 0.3) is 0 Å². The van der Waals surface area contributed by atoms with Crippen LogP contribution < -0.4 is 5.32 Å². The minimum atomic E-state index is -1.13. The maximum Gasteiger partial charge on any atom is 0.329 e. The molecule has 0 saturated heterocycles. The van der Waals surface area contributed by atoms with Crippen molar-refractivity contribution in [2.75, 3.05) is 7.05 Å². The first-order chi connectivity index (χ1) is 9.93. The molecular weight excluding hydrogens is 290 g/mol. The molecule has 2 amide bonds. The third kappa shape index (κ3) is 3.72. The molecule has 21 heavy (non-hydrogen) atoms. The summed E-state index contributed by atoms with van der Waals surface area (Å²) in [5, 5.41) is 14.1. The van der Waals surface area contributed by atoms with Gasteiger partial charge in [-0.15, -0.1) is 11.3 Å². The maximum absolute atomic E-state index is 12.3. The second-order valence-electron chi connectivity index (χ2n) is 5.84. The average Bonchev–Trinajstić information content (AvgIpc) is 2.94. The summed E-state index contributed by atoms with van der Waals surface area (Å²) in [6, 6.07) is -0.361. The number of hydrogen-bond acceptors (Lipinski definition) is 4. The predicted molar refractivity (Wildman–Crippen MR) is 80.1 cm³/mol. The maximum atomic E-state index is 12.3. The number of nitrogens with zero attached hydrogens (tertiary/aromatic N) is 2. The number of amides is 2. The van der Waals surface area contributed by atoms with Crippen LogP contribution >= 0.6 is 11.3 Å². The number of carboxylic acids is 1. The molecular formula is C14H21N3O3S. The van der Waals surface area contributed by atoms with Crippen LogP contribution in [0.15, 0.2) is 10.9 Å². The van der Waals surface area contributed by atoms with E-state index >= 15 is 0 Å². The quantitative estimate of drug-likeness (QED) is 0.894. The fourth-order valence-corrected chi connectivity index (χ4v) is 3.13.